The second kappa shape index (κ2) is 17.5. The first-order valence-electron chi connectivity index (χ1n) is 9.54. The predicted octanol–water partition coefficient (Wildman–Crippen LogP) is 2.35. The first-order valence-corrected chi connectivity index (χ1v) is 9.54. The molecule has 0 aliphatic rings. The molecule has 0 bridgehead atoms. The lowest BCUT2D eigenvalue weighted by atomic mass is 10.1. The summed E-state index contributed by atoms with van der Waals surface area (Å²) in [5, 5.41) is 39.7. The molecule has 0 spiro atoms. The van der Waals surface area contributed by atoms with Gasteiger partial charge in [-0.25, -0.2) is 0 Å². The molecule has 3 N–H and O–H groups in total. The van der Waals surface area contributed by atoms with Crippen molar-refractivity contribution in [2.24, 2.45) is 0 Å². The second-order valence-electron chi connectivity index (χ2n) is 6.22. The fourth-order valence-corrected chi connectivity index (χ4v) is 2.17. The van der Waals surface area contributed by atoms with E-state index in [2.05, 4.69) is 19.1 Å². The summed E-state index contributed by atoms with van der Waals surface area (Å²) < 4.78 is 0. The van der Waals surface area contributed by atoms with Gasteiger partial charge in [0.15, 0.2) is 0 Å². The van der Waals surface area contributed by atoms with Crippen LogP contribution in [0.3, 0.4) is 0 Å². The zero-order valence-electron chi connectivity index (χ0n) is 16.1. The molecule has 5 nitrogen and oxygen atoms in total. The Kier molecular flexibility index (Phi) is 16.2. The Hall–Kier alpha value is -1.95. The lowest BCUT2D eigenvalue weighted by Crippen LogP contribution is -2.21. The van der Waals surface area contributed by atoms with Gasteiger partial charge in [-0.15, -0.1) is 0 Å². The van der Waals surface area contributed by atoms with Crippen molar-refractivity contribution in [1.82, 2.24) is 0 Å². The molecule has 5 heteroatoms. The summed E-state index contributed by atoms with van der Waals surface area (Å²) >= 11 is 0. The van der Waals surface area contributed by atoms with Gasteiger partial charge in [0.1, 0.15) is 12.2 Å². The molecule has 0 saturated carbocycles. The van der Waals surface area contributed by atoms with Crippen molar-refractivity contribution in [2.45, 2.75) is 70.2 Å². The van der Waals surface area contributed by atoms with Gasteiger partial charge in [-0.05, 0) is 32.1 Å². The topological polar surface area (TPSA) is 101 Å². The Bertz CT molecular complexity index is 517. The van der Waals surface area contributed by atoms with Crippen LogP contribution in [0.15, 0.2) is 60.8 Å². The summed E-state index contributed by atoms with van der Waals surface area (Å²) in [6.45, 7) is 2.07. The van der Waals surface area contributed by atoms with E-state index in [1.807, 2.05) is 12.2 Å². The van der Waals surface area contributed by atoms with Crippen molar-refractivity contribution in [3.63, 3.8) is 0 Å². The highest BCUT2D eigenvalue weighted by molar-refractivity contribution is 5.64. The van der Waals surface area contributed by atoms with Crippen LogP contribution in [-0.4, -0.2) is 39.6 Å². The van der Waals surface area contributed by atoms with E-state index in [0.717, 1.165) is 25.7 Å². The van der Waals surface area contributed by atoms with Gasteiger partial charge in [0.2, 0.25) is 0 Å². The second-order valence-corrected chi connectivity index (χ2v) is 6.22. The Morgan fingerprint density at radius 1 is 0.852 bits per heavy atom. The van der Waals surface area contributed by atoms with Crippen LogP contribution in [0.4, 0.5) is 0 Å². The lowest BCUT2D eigenvalue weighted by Gasteiger charge is -2.09. The van der Waals surface area contributed by atoms with E-state index in [1.54, 1.807) is 24.3 Å². The molecule has 152 valence electrons. The molecule has 3 unspecified atom stereocenters. The molecule has 27 heavy (non-hydrogen) atoms. The number of carbonyl (C=O) groups excluding carboxylic acids is 1. The molecular weight excluding hydrogens is 344 g/mol. The van der Waals surface area contributed by atoms with Crippen molar-refractivity contribution in [3.8, 4) is 0 Å². The van der Waals surface area contributed by atoms with Crippen molar-refractivity contribution in [3.05, 3.63) is 60.8 Å². The molecule has 0 amide bonds. The number of aliphatic hydroxyl groups excluding tert-OH is 3. The van der Waals surface area contributed by atoms with Crippen LogP contribution in [0.1, 0.15) is 51.9 Å². The van der Waals surface area contributed by atoms with Gasteiger partial charge in [0.05, 0.1) is 6.10 Å². The van der Waals surface area contributed by atoms with Gasteiger partial charge in [-0.3, -0.25) is 0 Å². The Labute approximate surface area is 162 Å². The molecule has 3 atom stereocenters. The number of rotatable bonds is 15. The van der Waals surface area contributed by atoms with Crippen LogP contribution in [0.25, 0.3) is 0 Å². The minimum absolute atomic E-state index is 0.0506. The minimum Gasteiger partial charge on any atom is -0.550 e. The Morgan fingerprint density at radius 3 is 2.11 bits per heavy atom. The molecule has 0 aromatic carbocycles. The van der Waals surface area contributed by atoms with Crippen LogP contribution in [0.2, 0.25) is 0 Å². The average molecular weight is 378 g/mol. The third-order valence-corrected chi connectivity index (χ3v) is 3.71. The molecule has 0 aromatic heterocycles. The summed E-state index contributed by atoms with van der Waals surface area (Å²) in [5.74, 6) is -1.05. The summed E-state index contributed by atoms with van der Waals surface area (Å²) in [4.78, 5) is 10.3. The molecule has 0 radical (unpaired) electrons. The van der Waals surface area contributed by atoms with Crippen LogP contribution in [-0.2, 0) is 4.79 Å². The molecule has 0 rings (SSSR count). The molecule has 0 aliphatic heterocycles. The summed E-state index contributed by atoms with van der Waals surface area (Å²) in [7, 11) is 0. The van der Waals surface area contributed by atoms with Crippen molar-refractivity contribution in [1.29, 1.82) is 0 Å². The van der Waals surface area contributed by atoms with Crippen molar-refractivity contribution >= 4 is 5.97 Å². The van der Waals surface area contributed by atoms with Gasteiger partial charge >= 0.3 is 0 Å². The fraction of sp³-hybridized carbons (Fsp3) is 0.500. The number of carboxylic acids is 1. The maximum absolute atomic E-state index is 10.3. The number of unbranched alkanes of at least 4 members (excludes halogenated alkanes) is 2. The third-order valence-electron chi connectivity index (χ3n) is 3.71. The zero-order chi connectivity index (χ0) is 20.3. The molecular formula is C22H33O5-. The summed E-state index contributed by atoms with van der Waals surface area (Å²) in [5.41, 5.74) is 0. The first-order chi connectivity index (χ1) is 13.0. The highest BCUT2D eigenvalue weighted by atomic mass is 16.4. The maximum atomic E-state index is 10.3. The van der Waals surface area contributed by atoms with E-state index >= 15 is 0 Å². The molecule has 0 saturated heterocycles. The van der Waals surface area contributed by atoms with Crippen LogP contribution in [0, 0.1) is 0 Å². The lowest BCUT2D eigenvalue weighted by molar-refractivity contribution is -0.305. The van der Waals surface area contributed by atoms with E-state index in [1.165, 1.54) is 12.2 Å². The zero-order valence-corrected chi connectivity index (χ0v) is 16.1. The fourth-order valence-electron chi connectivity index (χ4n) is 2.17. The number of carbonyl (C=O) groups is 1. The monoisotopic (exact) mass is 377 g/mol. The van der Waals surface area contributed by atoms with Gasteiger partial charge in [-0.1, -0.05) is 80.5 Å². The van der Waals surface area contributed by atoms with E-state index in [-0.39, 0.29) is 6.42 Å². The maximum Gasteiger partial charge on any atom is 0.102 e. The normalized spacial score (nSPS) is 16.3. The van der Waals surface area contributed by atoms with E-state index in [9.17, 15) is 25.2 Å². The Morgan fingerprint density at radius 2 is 1.48 bits per heavy atom. The van der Waals surface area contributed by atoms with Crippen LogP contribution >= 0.6 is 0 Å². The van der Waals surface area contributed by atoms with Crippen LogP contribution < -0.4 is 5.11 Å². The quantitative estimate of drug-likeness (QED) is 0.231. The van der Waals surface area contributed by atoms with E-state index in [4.69, 9.17) is 0 Å². The summed E-state index contributed by atoms with van der Waals surface area (Å²) in [6.07, 6.45) is 19.2. The average Bonchev–Trinajstić information content (AvgIpc) is 2.63. The highest BCUT2D eigenvalue weighted by Gasteiger charge is 2.07. The third kappa shape index (κ3) is 17.2. The van der Waals surface area contributed by atoms with Crippen molar-refractivity contribution < 1.29 is 25.2 Å². The SMILES string of the molecule is CC/C=C\C/C=C\C=C\C(O)C(O)/C=C/C=C\C(O)CCCCCC(=O)[O-]. The van der Waals surface area contributed by atoms with Gasteiger partial charge in [-0.2, -0.15) is 0 Å². The smallest absolute Gasteiger partial charge is 0.102 e. The number of carboxylic acid groups (broad SMARTS) is 1. The van der Waals surface area contributed by atoms with Gasteiger partial charge < -0.3 is 25.2 Å². The molecule has 0 aliphatic carbocycles. The number of aliphatic carboxylic acids is 1. The molecule has 0 heterocycles. The number of hydrogen-bond acceptors (Lipinski definition) is 5. The predicted molar refractivity (Wildman–Crippen MR) is 107 cm³/mol. The Balaban J connectivity index is 4.01. The number of hydrogen-bond donors (Lipinski definition) is 3. The number of allylic oxidation sites excluding steroid dienone is 7. The van der Waals surface area contributed by atoms with Crippen LogP contribution in [0.5, 0.6) is 0 Å². The minimum atomic E-state index is -1.05. The van der Waals surface area contributed by atoms with Crippen molar-refractivity contribution in [2.75, 3.05) is 0 Å². The van der Waals surface area contributed by atoms with Gasteiger partial charge in [0.25, 0.3) is 0 Å². The first kappa shape index (κ1) is 25.1. The summed E-state index contributed by atoms with van der Waals surface area (Å²) in [6, 6.07) is 0. The van der Waals surface area contributed by atoms with E-state index < -0.39 is 24.3 Å². The van der Waals surface area contributed by atoms with Gasteiger partial charge in [0, 0.05) is 5.97 Å². The number of aliphatic hydroxyl groups is 3. The molecule has 0 aromatic rings. The largest absolute Gasteiger partial charge is 0.550 e. The highest BCUT2D eigenvalue weighted by Crippen LogP contribution is 2.06. The standard InChI is InChI=1S/C22H34O5/c1-2-3-4-5-6-7-10-16-20(24)21(25)17-13-12-15-19(23)14-9-8-11-18-22(26)27/h3-4,6-7,10,12-13,15-17,19-21,23-25H,2,5,8-9,11,14,18H2,1H3,(H,26,27)/p-1/b4-3-,7-6-,15-12-,16-10+,17-13+. The molecule has 0 fully saturated rings. The van der Waals surface area contributed by atoms with E-state index in [0.29, 0.717) is 12.8 Å².